The average molecular weight is 313 g/mol. The number of nitrogens with zero attached hydrogens (tertiary/aromatic N) is 1. The molecule has 21 heavy (non-hydrogen) atoms. The van der Waals surface area contributed by atoms with Crippen LogP contribution < -0.4 is 0 Å². The first-order valence-electron chi connectivity index (χ1n) is 7.41. The van der Waals surface area contributed by atoms with Gasteiger partial charge in [0.1, 0.15) is 11.6 Å². The maximum atomic E-state index is 11.9. The van der Waals surface area contributed by atoms with Crippen molar-refractivity contribution in [2.45, 2.75) is 46.0 Å². The van der Waals surface area contributed by atoms with Crippen LogP contribution in [0.3, 0.4) is 0 Å². The number of hydrogen-bond donors (Lipinski definition) is 0. The number of piperidine rings is 1. The molecule has 6 heteroatoms. The van der Waals surface area contributed by atoms with E-state index in [1.807, 2.05) is 6.92 Å². The summed E-state index contributed by atoms with van der Waals surface area (Å²) in [5.41, 5.74) is 0. The predicted octanol–water partition coefficient (Wildman–Crippen LogP) is 1.83. The van der Waals surface area contributed by atoms with E-state index in [1.54, 1.807) is 6.92 Å². The molecular formula is C15H23NO4S. The molecule has 0 aromatic rings. The Morgan fingerprint density at radius 3 is 2.57 bits per heavy atom. The number of amides is 2. The highest BCUT2D eigenvalue weighted by atomic mass is 32.2. The summed E-state index contributed by atoms with van der Waals surface area (Å²) in [5, 5.41) is 0. The summed E-state index contributed by atoms with van der Waals surface area (Å²) in [6, 6.07) is 0. The van der Waals surface area contributed by atoms with Crippen LogP contribution in [0.25, 0.3) is 0 Å². The van der Waals surface area contributed by atoms with Crippen molar-refractivity contribution in [2.24, 2.45) is 5.92 Å². The summed E-state index contributed by atoms with van der Waals surface area (Å²) >= 11 is 1.33. The lowest BCUT2D eigenvalue weighted by atomic mass is 9.98. The van der Waals surface area contributed by atoms with E-state index in [1.165, 1.54) is 16.7 Å². The number of hydrogen-bond acceptors (Lipinski definition) is 5. The lowest BCUT2D eigenvalue weighted by Crippen LogP contribution is -2.44. The Balaban J connectivity index is 2.23. The van der Waals surface area contributed by atoms with Crippen LogP contribution in [0.1, 0.15) is 46.0 Å². The quantitative estimate of drug-likeness (QED) is 0.607. The smallest absolute Gasteiger partial charge is 0.232 e. The minimum Gasteiger partial charge on any atom is -0.299 e. The van der Waals surface area contributed by atoms with Crippen LogP contribution in [-0.2, 0) is 19.2 Å². The first-order chi connectivity index (χ1) is 9.95. The zero-order chi connectivity index (χ0) is 15.8. The molecule has 0 saturated carbocycles. The number of thioether (sulfide) groups is 1. The molecule has 1 saturated heterocycles. The molecule has 1 heterocycles. The van der Waals surface area contributed by atoms with Crippen molar-refractivity contribution in [3.8, 4) is 0 Å². The molecule has 1 aliphatic rings. The third kappa shape index (κ3) is 5.99. The maximum absolute atomic E-state index is 11.9. The van der Waals surface area contributed by atoms with Gasteiger partial charge in [-0.1, -0.05) is 13.8 Å². The molecule has 0 aromatic heterocycles. The minimum atomic E-state index is -0.131. The SMILES string of the molecule is CCC(=O)CSCC(=O)CCCN1C(=O)CC[C@@H](C)C1=O. The Kier molecular flexibility index (Phi) is 7.64. The Morgan fingerprint density at radius 1 is 1.24 bits per heavy atom. The second-order valence-electron chi connectivity index (χ2n) is 5.35. The fraction of sp³-hybridized carbons (Fsp3) is 0.733. The van der Waals surface area contributed by atoms with E-state index in [4.69, 9.17) is 0 Å². The van der Waals surface area contributed by atoms with Gasteiger partial charge in [0.2, 0.25) is 11.8 Å². The first kappa shape index (κ1) is 17.9. The van der Waals surface area contributed by atoms with Gasteiger partial charge in [-0.25, -0.2) is 0 Å². The molecule has 0 aromatic carbocycles. The van der Waals surface area contributed by atoms with Gasteiger partial charge in [-0.15, -0.1) is 11.8 Å². The van der Waals surface area contributed by atoms with Crippen LogP contribution in [-0.4, -0.2) is 46.3 Å². The normalized spacial score (nSPS) is 19.0. The molecule has 0 N–H and O–H groups in total. The number of carbonyl (C=O) groups is 4. The van der Waals surface area contributed by atoms with E-state index in [-0.39, 0.29) is 29.3 Å². The summed E-state index contributed by atoms with van der Waals surface area (Å²) in [6.45, 7) is 3.96. The molecule has 0 bridgehead atoms. The predicted molar refractivity (Wildman–Crippen MR) is 82.0 cm³/mol. The lowest BCUT2D eigenvalue weighted by molar-refractivity contribution is -0.151. The van der Waals surface area contributed by atoms with Crippen molar-refractivity contribution in [1.82, 2.24) is 4.90 Å². The topological polar surface area (TPSA) is 71.5 Å². The number of carbonyl (C=O) groups excluding carboxylic acids is 4. The monoisotopic (exact) mass is 313 g/mol. The van der Waals surface area contributed by atoms with E-state index < -0.39 is 0 Å². The number of rotatable bonds is 9. The number of Topliss-reactive ketones (excluding diaryl/α,β-unsaturated/α-hetero) is 2. The third-order valence-corrected chi connectivity index (χ3v) is 4.59. The first-order valence-corrected chi connectivity index (χ1v) is 8.56. The summed E-state index contributed by atoms with van der Waals surface area (Å²) in [4.78, 5) is 47.6. The van der Waals surface area contributed by atoms with Gasteiger partial charge in [-0.05, 0) is 12.8 Å². The van der Waals surface area contributed by atoms with E-state index in [0.29, 0.717) is 50.2 Å². The van der Waals surface area contributed by atoms with E-state index in [9.17, 15) is 19.2 Å². The Hall–Kier alpha value is -1.17. The fourth-order valence-electron chi connectivity index (χ4n) is 2.11. The van der Waals surface area contributed by atoms with Gasteiger partial charge in [0.05, 0.1) is 11.5 Å². The minimum absolute atomic E-state index is 0.0638. The Bertz CT molecular complexity index is 422. The molecule has 5 nitrogen and oxygen atoms in total. The van der Waals surface area contributed by atoms with E-state index in [0.717, 1.165) is 0 Å². The van der Waals surface area contributed by atoms with Gasteiger partial charge in [0.25, 0.3) is 0 Å². The van der Waals surface area contributed by atoms with Crippen molar-refractivity contribution in [1.29, 1.82) is 0 Å². The van der Waals surface area contributed by atoms with E-state index in [2.05, 4.69) is 0 Å². The number of likely N-dealkylation sites (tertiary alicyclic amines) is 1. The van der Waals surface area contributed by atoms with Gasteiger partial charge < -0.3 is 0 Å². The van der Waals surface area contributed by atoms with Crippen LogP contribution in [0.2, 0.25) is 0 Å². The van der Waals surface area contributed by atoms with Gasteiger partial charge in [-0.2, -0.15) is 0 Å². The highest BCUT2D eigenvalue weighted by Crippen LogP contribution is 2.19. The van der Waals surface area contributed by atoms with Crippen molar-refractivity contribution in [2.75, 3.05) is 18.1 Å². The average Bonchev–Trinajstić information content (AvgIpc) is 2.46. The van der Waals surface area contributed by atoms with Crippen molar-refractivity contribution >= 4 is 35.1 Å². The van der Waals surface area contributed by atoms with Crippen LogP contribution >= 0.6 is 11.8 Å². The van der Waals surface area contributed by atoms with Gasteiger partial charge in [0.15, 0.2) is 0 Å². The Labute approximate surface area is 129 Å². The molecule has 1 aliphatic heterocycles. The molecule has 1 rings (SSSR count). The molecular weight excluding hydrogens is 290 g/mol. The molecule has 0 unspecified atom stereocenters. The summed E-state index contributed by atoms with van der Waals surface area (Å²) in [6.07, 6.45) is 2.38. The molecule has 2 amide bonds. The number of imide groups is 1. The zero-order valence-corrected chi connectivity index (χ0v) is 13.5. The lowest BCUT2D eigenvalue weighted by Gasteiger charge is -2.28. The highest BCUT2D eigenvalue weighted by molar-refractivity contribution is 8.00. The van der Waals surface area contributed by atoms with Crippen LogP contribution in [0, 0.1) is 5.92 Å². The molecule has 1 fully saturated rings. The molecule has 118 valence electrons. The fourth-order valence-corrected chi connectivity index (χ4v) is 3.02. The van der Waals surface area contributed by atoms with Crippen molar-refractivity contribution in [3.63, 3.8) is 0 Å². The zero-order valence-electron chi connectivity index (χ0n) is 12.7. The standard InChI is InChI=1S/C15H23NO4S/c1-3-12(17)9-21-10-13(18)5-4-8-16-14(19)7-6-11(2)15(16)20/h11H,3-10H2,1-2H3/t11-/m1/s1. The van der Waals surface area contributed by atoms with Gasteiger partial charge in [0, 0.05) is 31.7 Å². The van der Waals surface area contributed by atoms with Gasteiger partial charge in [-0.3, -0.25) is 24.1 Å². The molecule has 0 radical (unpaired) electrons. The van der Waals surface area contributed by atoms with Crippen molar-refractivity contribution in [3.05, 3.63) is 0 Å². The van der Waals surface area contributed by atoms with Gasteiger partial charge >= 0.3 is 0 Å². The number of ketones is 2. The van der Waals surface area contributed by atoms with Crippen LogP contribution in [0.4, 0.5) is 0 Å². The third-order valence-electron chi connectivity index (χ3n) is 3.54. The summed E-state index contributed by atoms with van der Waals surface area (Å²) in [5.74, 6) is 0.552. The molecule has 0 spiro atoms. The highest BCUT2D eigenvalue weighted by Gasteiger charge is 2.30. The summed E-state index contributed by atoms with van der Waals surface area (Å²) in [7, 11) is 0. The maximum Gasteiger partial charge on any atom is 0.232 e. The van der Waals surface area contributed by atoms with Crippen LogP contribution in [0.5, 0.6) is 0 Å². The largest absolute Gasteiger partial charge is 0.299 e. The molecule has 1 atom stereocenters. The van der Waals surface area contributed by atoms with E-state index >= 15 is 0 Å². The Morgan fingerprint density at radius 2 is 1.90 bits per heavy atom. The molecule has 0 aliphatic carbocycles. The second-order valence-corrected chi connectivity index (χ2v) is 6.34. The van der Waals surface area contributed by atoms with Crippen LogP contribution in [0.15, 0.2) is 0 Å². The second kappa shape index (κ2) is 8.97. The summed E-state index contributed by atoms with van der Waals surface area (Å²) < 4.78 is 0. The van der Waals surface area contributed by atoms with Crippen molar-refractivity contribution < 1.29 is 19.2 Å².